The van der Waals surface area contributed by atoms with E-state index in [1.807, 2.05) is 25.1 Å². The van der Waals surface area contributed by atoms with Crippen molar-refractivity contribution >= 4 is 40.4 Å². The Balaban J connectivity index is 1.89. The van der Waals surface area contributed by atoms with Crippen molar-refractivity contribution in [3.8, 4) is 0 Å². The molecule has 3 rings (SSSR count). The first-order chi connectivity index (χ1) is 11.0. The number of rotatable bonds is 4. The molecule has 8 heteroatoms. The first kappa shape index (κ1) is 15.1. The molecule has 0 atom stereocenters. The lowest BCUT2D eigenvalue weighted by Gasteiger charge is -2.13. The minimum absolute atomic E-state index is 0.368. The molecule has 0 aliphatic rings. The number of nitrogens with zero attached hydrogens (tertiary/aromatic N) is 3. The zero-order valence-corrected chi connectivity index (χ0v) is 13.3. The molecule has 118 valence electrons. The number of halogens is 1. The van der Waals surface area contributed by atoms with E-state index in [1.165, 1.54) is 6.33 Å². The number of nitrogens with two attached hydrogens (primary N) is 1. The highest BCUT2D eigenvalue weighted by molar-refractivity contribution is 6.31. The van der Waals surface area contributed by atoms with Gasteiger partial charge < -0.3 is 20.9 Å². The van der Waals surface area contributed by atoms with Gasteiger partial charge in [0.2, 0.25) is 0 Å². The van der Waals surface area contributed by atoms with E-state index in [0.717, 1.165) is 11.3 Å². The average Bonchev–Trinajstić information content (AvgIpc) is 2.93. The first-order valence-electron chi connectivity index (χ1n) is 6.87. The predicted molar refractivity (Wildman–Crippen MR) is 90.4 cm³/mol. The Bertz CT molecular complexity index is 848. The summed E-state index contributed by atoms with van der Waals surface area (Å²) in [6.45, 7) is 3.72. The lowest BCUT2D eigenvalue weighted by atomic mass is 10.2. The molecular formula is C15H15ClN6O. The third-order valence-electron chi connectivity index (χ3n) is 3.28. The normalized spacial score (nSPS) is 10.6. The van der Waals surface area contributed by atoms with Crippen LogP contribution in [0.25, 0.3) is 0 Å². The van der Waals surface area contributed by atoms with E-state index >= 15 is 0 Å². The summed E-state index contributed by atoms with van der Waals surface area (Å²) in [6, 6.07) is 7.32. The average molecular weight is 331 g/mol. The fraction of sp³-hybridized carbons (Fsp3) is 0.133. The van der Waals surface area contributed by atoms with Crippen LogP contribution >= 0.6 is 11.6 Å². The zero-order chi connectivity index (χ0) is 16.4. The molecule has 0 fully saturated rings. The summed E-state index contributed by atoms with van der Waals surface area (Å²) < 4.78 is 5.00. The summed E-state index contributed by atoms with van der Waals surface area (Å²) in [6.07, 6.45) is 1.41. The molecule has 0 radical (unpaired) electrons. The van der Waals surface area contributed by atoms with E-state index < -0.39 is 0 Å². The van der Waals surface area contributed by atoms with E-state index in [1.54, 1.807) is 13.0 Å². The summed E-state index contributed by atoms with van der Waals surface area (Å²) in [4.78, 5) is 8.31. The van der Waals surface area contributed by atoms with Gasteiger partial charge >= 0.3 is 0 Å². The monoisotopic (exact) mass is 330 g/mol. The van der Waals surface area contributed by atoms with Crippen LogP contribution in [0.15, 0.2) is 35.1 Å². The van der Waals surface area contributed by atoms with Crippen molar-refractivity contribution in [3.63, 3.8) is 0 Å². The Kier molecular flexibility index (Phi) is 4.03. The molecule has 2 heterocycles. The molecule has 7 nitrogen and oxygen atoms in total. The maximum atomic E-state index is 6.13. The van der Waals surface area contributed by atoms with Crippen LogP contribution in [-0.2, 0) is 0 Å². The second kappa shape index (κ2) is 6.13. The van der Waals surface area contributed by atoms with Gasteiger partial charge in [-0.25, -0.2) is 9.97 Å². The predicted octanol–water partition coefficient (Wildman–Crippen LogP) is 3.80. The molecule has 3 aromatic rings. The highest BCUT2D eigenvalue weighted by Crippen LogP contribution is 2.30. The number of hydrogen-bond donors (Lipinski definition) is 3. The van der Waals surface area contributed by atoms with Gasteiger partial charge in [0.25, 0.3) is 0 Å². The van der Waals surface area contributed by atoms with Crippen LogP contribution in [0.2, 0.25) is 5.02 Å². The van der Waals surface area contributed by atoms with E-state index in [9.17, 15) is 0 Å². The van der Waals surface area contributed by atoms with Crippen LogP contribution in [0, 0.1) is 13.8 Å². The molecule has 4 N–H and O–H groups in total. The SMILES string of the molecule is Cc1cc(Nc2ncnc(Nc3cccc(Cl)c3C)c2N)no1. The number of aryl methyl sites for hydroxylation is 1. The summed E-state index contributed by atoms with van der Waals surface area (Å²) in [5, 5.41) is 10.7. The molecule has 0 unspecified atom stereocenters. The smallest absolute Gasteiger partial charge is 0.175 e. The number of nitrogens with one attached hydrogen (secondary N) is 2. The minimum atomic E-state index is 0.368. The molecule has 0 bridgehead atoms. The highest BCUT2D eigenvalue weighted by atomic mass is 35.5. The maximum absolute atomic E-state index is 6.13. The fourth-order valence-electron chi connectivity index (χ4n) is 2.01. The summed E-state index contributed by atoms with van der Waals surface area (Å²) >= 11 is 6.13. The Hall–Kier alpha value is -2.80. The molecule has 0 aliphatic carbocycles. The van der Waals surface area contributed by atoms with Crippen molar-refractivity contribution in [1.82, 2.24) is 15.1 Å². The second-order valence-electron chi connectivity index (χ2n) is 4.97. The fourth-order valence-corrected chi connectivity index (χ4v) is 2.19. The third kappa shape index (κ3) is 3.19. The van der Waals surface area contributed by atoms with Crippen LogP contribution in [-0.4, -0.2) is 15.1 Å². The number of nitrogen functional groups attached to an aromatic ring is 1. The quantitative estimate of drug-likeness (QED) is 0.668. The first-order valence-corrected chi connectivity index (χ1v) is 7.25. The van der Waals surface area contributed by atoms with Crippen LogP contribution in [0.4, 0.5) is 28.8 Å². The van der Waals surface area contributed by atoms with Gasteiger partial charge in [-0.05, 0) is 31.5 Å². The standard InChI is InChI=1S/C15H15ClN6O/c1-8-6-12(22-23-8)21-15-13(17)14(18-7-19-15)20-11-5-3-4-10(16)9(11)2/h3-7H,17H2,1-2H3,(H2,18,19,20,21,22). The van der Waals surface area contributed by atoms with Crippen molar-refractivity contribution in [1.29, 1.82) is 0 Å². The molecule has 0 spiro atoms. The van der Waals surface area contributed by atoms with E-state index in [2.05, 4.69) is 25.8 Å². The largest absolute Gasteiger partial charge is 0.393 e. The van der Waals surface area contributed by atoms with Crippen LogP contribution in [0.3, 0.4) is 0 Å². The third-order valence-corrected chi connectivity index (χ3v) is 3.69. The van der Waals surface area contributed by atoms with E-state index in [4.69, 9.17) is 21.9 Å². The van der Waals surface area contributed by atoms with Gasteiger partial charge in [0.05, 0.1) is 0 Å². The minimum Gasteiger partial charge on any atom is -0.393 e. The van der Waals surface area contributed by atoms with Crippen LogP contribution in [0.5, 0.6) is 0 Å². The van der Waals surface area contributed by atoms with Crippen LogP contribution < -0.4 is 16.4 Å². The molecule has 0 saturated carbocycles. The molecule has 1 aromatic carbocycles. The summed E-state index contributed by atoms with van der Waals surface area (Å²) in [5.41, 5.74) is 8.24. The topological polar surface area (TPSA) is 102 Å². The van der Waals surface area contributed by atoms with Gasteiger partial charge in [-0.15, -0.1) is 0 Å². The Morgan fingerprint density at radius 3 is 2.57 bits per heavy atom. The molecular weight excluding hydrogens is 316 g/mol. The van der Waals surface area contributed by atoms with Crippen molar-refractivity contribution in [2.24, 2.45) is 0 Å². The number of benzene rings is 1. The number of anilines is 5. The molecule has 23 heavy (non-hydrogen) atoms. The van der Waals surface area contributed by atoms with E-state index in [0.29, 0.717) is 33.9 Å². The van der Waals surface area contributed by atoms with Crippen molar-refractivity contribution in [3.05, 3.63) is 46.9 Å². The van der Waals surface area contributed by atoms with Crippen LogP contribution in [0.1, 0.15) is 11.3 Å². The van der Waals surface area contributed by atoms with Crippen molar-refractivity contribution in [2.45, 2.75) is 13.8 Å². The van der Waals surface area contributed by atoms with Crippen molar-refractivity contribution < 1.29 is 4.52 Å². The summed E-state index contributed by atoms with van der Waals surface area (Å²) in [7, 11) is 0. The van der Waals surface area contributed by atoms with Crippen molar-refractivity contribution in [2.75, 3.05) is 16.4 Å². The molecule has 0 aliphatic heterocycles. The van der Waals surface area contributed by atoms with Gasteiger partial charge in [0.15, 0.2) is 17.5 Å². The lowest BCUT2D eigenvalue weighted by Crippen LogP contribution is -2.06. The molecule has 0 saturated heterocycles. The van der Waals surface area contributed by atoms with Gasteiger partial charge in [0, 0.05) is 16.8 Å². The van der Waals surface area contributed by atoms with Gasteiger partial charge in [-0.1, -0.05) is 22.8 Å². The Labute approximate surface area is 137 Å². The van der Waals surface area contributed by atoms with Gasteiger partial charge in [-0.2, -0.15) is 0 Å². The molecule has 2 aromatic heterocycles. The maximum Gasteiger partial charge on any atom is 0.175 e. The highest BCUT2D eigenvalue weighted by Gasteiger charge is 2.12. The zero-order valence-electron chi connectivity index (χ0n) is 12.6. The van der Waals surface area contributed by atoms with Gasteiger partial charge in [0.1, 0.15) is 17.8 Å². The summed E-state index contributed by atoms with van der Waals surface area (Å²) in [5.74, 6) is 2.13. The Morgan fingerprint density at radius 2 is 1.87 bits per heavy atom. The lowest BCUT2D eigenvalue weighted by molar-refractivity contribution is 0.400. The number of hydrogen-bond acceptors (Lipinski definition) is 7. The Morgan fingerprint density at radius 1 is 1.13 bits per heavy atom. The second-order valence-corrected chi connectivity index (χ2v) is 5.38. The number of aromatic nitrogens is 3. The molecule has 0 amide bonds. The van der Waals surface area contributed by atoms with E-state index in [-0.39, 0.29) is 0 Å². The van der Waals surface area contributed by atoms with Gasteiger partial charge in [-0.3, -0.25) is 0 Å².